The normalized spacial score (nSPS) is 10.6. The Morgan fingerprint density at radius 1 is 0.960 bits per heavy atom. The third-order valence-corrected chi connectivity index (χ3v) is 4.19. The number of hydrogen-bond acceptors (Lipinski definition) is 2. The molecule has 3 aromatic carbocycles. The van der Waals surface area contributed by atoms with E-state index < -0.39 is 0 Å². The van der Waals surface area contributed by atoms with E-state index in [4.69, 9.17) is 4.98 Å². The molecule has 0 aliphatic rings. The number of para-hydroxylation sites is 1. The van der Waals surface area contributed by atoms with E-state index in [0.717, 1.165) is 40.0 Å². The number of phenols is 1. The fourth-order valence-electron chi connectivity index (χ4n) is 3.05. The number of halogens is 1. The zero-order valence-electron chi connectivity index (χ0n) is 13.9. The smallest absolute Gasteiger partial charge is 0.138 e. The van der Waals surface area contributed by atoms with Crippen LogP contribution < -0.4 is 0 Å². The molecule has 4 rings (SSSR count). The molecule has 0 saturated carbocycles. The van der Waals surface area contributed by atoms with Crippen LogP contribution in [0.4, 0.5) is 0 Å². The second-order valence-corrected chi connectivity index (χ2v) is 6.11. The van der Waals surface area contributed by atoms with Crippen molar-refractivity contribution in [2.24, 2.45) is 0 Å². The predicted molar refractivity (Wildman–Crippen MR) is 108 cm³/mol. The Labute approximate surface area is 157 Å². The lowest BCUT2D eigenvalue weighted by atomic mass is 10.0. The highest BCUT2D eigenvalue weighted by atomic mass is 79.9. The zero-order chi connectivity index (χ0) is 16.5. The summed E-state index contributed by atoms with van der Waals surface area (Å²) in [5.41, 5.74) is 6.54. The van der Waals surface area contributed by atoms with Crippen LogP contribution in [0.25, 0.3) is 22.4 Å². The molecular weight excluding hydrogens is 376 g/mol. The highest BCUT2D eigenvalue weighted by Crippen LogP contribution is 2.25. The first-order valence-electron chi connectivity index (χ1n) is 8.01. The second kappa shape index (κ2) is 7.11. The van der Waals surface area contributed by atoms with Gasteiger partial charge in [-0.1, -0.05) is 48.0 Å². The molecular formula is C21H19BrN2O. The Balaban J connectivity index is 0.00000182. The van der Waals surface area contributed by atoms with Gasteiger partial charge in [-0.15, -0.1) is 17.0 Å². The number of imidazole rings is 1. The molecule has 0 unspecified atom stereocenters. The third-order valence-electron chi connectivity index (χ3n) is 4.19. The number of nitrogens with zero attached hydrogens (tertiary/aromatic N) is 1. The van der Waals surface area contributed by atoms with Gasteiger partial charge in [-0.3, -0.25) is 0 Å². The Morgan fingerprint density at radius 2 is 1.76 bits per heavy atom. The molecule has 0 bridgehead atoms. The number of phenolic OH excluding ortho intramolecular Hbond substituents is 1. The van der Waals surface area contributed by atoms with Gasteiger partial charge in [0.15, 0.2) is 0 Å². The molecule has 4 aromatic rings. The van der Waals surface area contributed by atoms with Crippen LogP contribution in [0.2, 0.25) is 0 Å². The van der Waals surface area contributed by atoms with Crippen LogP contribution >= 0.6 is 17.0 Å². The van der Waals surface area contributed by atoms with Crippen molar-refractivity contribution >= 4 is 28.0 Å². The molecule has 3 nitrogen and oxygen atoms in total. The molecule has 0 spiro atoms. The lowest BCUT2D eigenvalue weighted by molar-refractivity contribution is 0.474. The number of rotatable bonds is 3. The molecule has 2 N–H and O–H groups in total. The van der Waals surface area contributed by atoms with Crippen molar-refractivity contribution in [1.82, 2.24) is 9.97 Å². The van der Waals surface area contributed by atoms with E-state index in [0.29, 0.717) is 5.75 Å². The second-order valence-electron chi connectivity index (χ2n) is 6.11. The monoisotopic (exact) mass is 394 g/mol. The molecule has 0 aliphatic heterocycles. The number of aryl methyl sites for hydroxylation is 1. The van der Waals surface area contributed by atoms with Crippen molar-refractivity contribution in [3.05, 3.63) is 83.4 Å². The number of aromatic nitrogens is 2. The van der Waals surface area contributed by atoms with E-state index in [1.54, 1.807) is 12.1 Å². The number of hydrogen-bond donors (Lipinski definition) is 2. The van der Waals surface area contributed by atoms with Crippen molar-refractivity contribution in [3.63, 3.8) is 0 Å². The lowest BCUT2D eigenvalue weighted by Gasteiger charge is -2.03. The molecule has 0 atom stereocenters. The van der Waals surface area contributed by atoms with E-state index in [-0.39, 0.29) is 17.0 Å². The first-order chi connectivity index (χ1) is 11.7. The van der Waals surface area contributed by atoms with Gasteiger partial charge in [-0.2, -0.15) is 0 Å². The van der Waals surface area contributed by atoms with Crippen molar-refractivity contribution in [3.8, 4) is 17.1 Å². The van der Waals surface area contributed by atoms with Crippen LogP contribution in [0, 0.1) is 6.92 Å². The molecule has 0 amide bonds. The number of aromatic hydroxyl groups is 1. The van der Waals surface area contributed by atoms with Crippen LogP contribution in [0.1, 0.15) is 16.7 Å². The number of aromatic amines is 1. The van der Waals surface area contributed by atoms with Crippen molar-refractivity contribution in [2.45, 2.75) is 13.3 Å². The molecule has 4 heteroatoms. The Hall–Kier alpha value is -2.59. The van der Waals surface area contributed by atoms with Crippen molar-refractivity contribution < 1.29 is 5.11 Å². The first-order valence-corrected chi connectivity index (χ1v) is 8.01. The van der Waals surface area contributed by atoms with E-state index >= 15 is 0 Å². The van der Waals surface area contributed by atoms with Gasteiger partial charge in [0.1, 0.15) is 11.6 Å². The zero-order valence-corrected chi connectivity index (χ0v) is 15.6. The molecule has 0 saturated heterocycles. The van der Waals surface area contributed by atoms with Crippen LogP contribution in [0.5, 0.6) is 5.75 Å². The average Bonchev–Trinajstić information content (AvgIpc) is 3.00. The standard InChI is InChI=1S/C21H18N2O.BrH/c1-14-5-2-8-17(11-14)21-22-19-10-4-7-16(20(19)23-21)12-15-6-3-9-18(24)13-15;/h2-11,13,24H,12H2,1H3,(H,22,23);1H. The number of nitrogens with one attached hydrogen (secondary N) is 1. The van der Waals surface area contributed by atoms with E-state index in [1.165, 1.54) is 5.56 Å². The van der Waals surface area contributed by atoms with Gasteiger partial charge in [0.25, 0.3) is 0 Å². The highest BCUT2D eigenvalue weighted by molar-refractivity contribution is 8.93. The number of H-pyrrole nitrogens is 1. The van der Waals surface area contributed by atoms with Gasteiger partial charge in [0, 0.05) is 5.56 Å². The SMILES string of the molecule is Br.Cc1cccc(-c2nc3c(Cc4cccc(O)c4)cccc3[nH]2)c1. The molecule has 1 aromatic heterocycles. The van der Waals surface area contributed by atoms with Crippen LogP contribution in [-0.4, -0.2) is 15.1 Å². The quantitative estimate of drug-likeness (QED) is 0.487. The molecule has 0 fully saturated rings. The van der Waals surface area contributed by atoms with Crippen LogP contribution in [-0.2, 0) is 6.42 Å². The van der Waals surface area contributed by atoms with E-state index in [1.807, 2.05) is 30.3 Å². The summed E-state index contributed by atoms with van der Waals surface area (Å²) >= 11 is 0. The van der Waals surface area contributed by atoms with Gasteiger partial charge in [0.05, 0.1) is 11.0 Å². The first kappa shape index (κ1) is 17.2. The maximum atomic E-state index is 9.66. The maximum absolute atomic E-state index is 9.66. The topological polar surface area (TPSA) is 48.9 Å². The summed E-state index contributed by atoms with van der Waals surface area (Å²) in [6, 6.07) is 21.9. The average molecular weight is 395 g/mol. The van der Waals surface area contributed by atoms with Gasteiger partial charge < -0.3 is 10.1 Å². The minimum absolute atomic E-state index is 0. The summed E-state index contributed by atoms with van der Waals surface area (Å²) in [4.78, 5) is 8.24. The fourth-order valence-corrected chi connectivity index (χ4v) is 3.05. The number of fused-ring (bicyclic) bond motifs is 1. The lowest BCUT2D eigenvalue weighted by Crippen LogP contribution is -1.89. The summed E-state index contributed by atoms with van der Waals surface area (Å²) in [7, 11) is 0. The van der Waals surface area contributed by atoms with Crippen LogP contribution in [0.15, 0.2) is 66.7 Å². The van der Waals surface area contributed by atoms with Crippen molar-refractivity contribution in [1.29, 1.82) is 0 Å². The minimum atomic E-state index is 0. The van der Waals surface area contributed by atoms with Crippen LogP contribution in [0.3, 0.4) is 0 Å². The van der Waals surface area contributed by atoms with Gasteiger partial charge in [-0.25, -0.2) is 4.98 Å². The summed E-state index contributed by atoms with van der Waals surface area (Å²) in [5, 5.41) is 9.66. The van der Waals surface area contributed by atoms with Gasteiger partial charge >= 0.3 is 0 Å². The number of benzene rings is 3. The Kier molecular flexibility index (Phi) is 4.91. The van der Waals surface area contributed by atoms with Gasteiger partial charge in [-0.05, 0) is 48.7 Å². The highest BCUT2D eigenvalue weighted by Gasteiger charge is 2.10. The maximum Gasteiger partial charge on any atom is 0.138 e. The summed E-state index contributed by atoms with van der Waals surface area (Å²) in [5.74, 6) is 1.18. The predicted octanol–water partition coefficient (Wildman–Crippen LogP) is 5.41. The molecule has 1 heterocycles. The molecule has 0 radical (unpaired) electrons. The molecule has 25 heavy (non-hydrogen) atoms. The Bertz CT molecular complexity index is 1020. The van der Waals surface area contributed by atoms with E-state index in [9.17, 15) is 5.11 Å². The summed E-state index contributed by atoms with van der Waals surface area (Å²) in [6.45, 7) is 2.08. The fraction of sp³-hybridized carbons (Fsp3) is 0.0952. The molecule has 0 aliphatic carbocycles. The molecule has 126 valence electrons. The Morgan fingerprint density at radius 3 is 2.56 bits per heavy atom. The summed E-state index contributed by atoms with van der Waals surface area (Å²) < 4.78 is 0. The van der Waals surface area contributed by atoms with Crippen molar-refractivity contribution in [2.75, 3.05) is 0 Å². The van der Waals surface area contributed by atoms with Gasteiger partial charge in [0.2, 0.25) is 0 Å². The van der Waals surface area contributed by atoms with E-state index in [2.05, 4.69) is 36.2 Å². The minimum Gasteiger partial charge on any atom is -0.508 e. The summed E-state index contributed by atoms with van der Waals surface area (Å²) in [6.07, 6.45) is 0.740. The largest absolute Gasteiger partial charge is 0.508 e. The third kappa shape index (κ3) is 3.59.